The van der Waals surface area contributed by atoms with Crippen LogP contribution in [-0.2, 0) is 9.47 Å². The summed E-state index contributed by atoms with van der Waals surface area (Å²) in [6, 6.07) is 5.74. The molecule has 162 valence electrons. The van der Waals surface area contributed by atoms with E-state index in [1.54, 1.807) is 0 Å². The average molecular weight is 404 g/mol. The Morgan fingerprint density at radius 2 is 2.00 bits per heavy atom. The highest BCUT2D eigenvalue weighted by molar-refractivity contribution is 5.94. The zero-order valence-corrected chi connectivity index (χ0v) is 18.7. The second-order valence-corrected chi connectivity index (χ2v) is 8.79. The van der Waals surface area contributed by atoms with Gasteiger partial charge in [-0.25, -0.2) is 0 Å². The lowest BCUT2D eigenvalue weighted by Crippen LogP contribution is -2.54. The molecule has 3 rings (SSSR count). The molecule has 0 N–H and O–H groups in total. The van der Waals surface area contributed by atoms with E-state index in [-0.39, 0.29) is 29.8 Å². The molecule has 0 aliphatic carbocycles. The molecule has 5 nitrogen and oxygen atoms in total. The van der Waals surface area contributed by atoms with Crippen LogP contribution in [0.2, 0.25) is 0 Å². The lowest BCUT2D eigenvalue weighted by molar-refractivity contribution is -0.188. The molecule has 0 bridgehead atoms. The van der Waals surface area contributed by atoms with E-state index in [2.05, 4.69) is 13.8 Å². The number of carbonyl (C=O) groups is 1. The second-order valence-electron chi connectivity index (χ2n) is 8.79. The first-order valence-electron chi connectivity index (χ1n) is 11.2. The van der Waals surface area contributed by atoms with Gasteiger partial charge >= 0.3 is 0 Å². The molecule has 0 unspecified atom stereocenters. The normalized spacial score (nSPS) is 24.1. The van der Waals surface area contributed by atoms with E-state index in [0.29, 0.717) is 0 Å². The first kappa shape index (κ1) is 22.1. The Hall–Kier alpha value is -1.59. The molecule has 2 fully saturated rings. The Labute approximate surface area is 175 Å². The van der Waals surface area contributed by atoms with Gasteiger partial charge in [-0.15, -0.1) is 0 Å². The van der Waals surface area contributed by atoms with Crippen LogP contribution in [0.1, 0.15) is 75.7 Å². The Morgan fingerprint density at radius 3 is 2.59 bits per heavy atom. The van der Waals surface area contributed by atoms with Crippen molar-refractivity contribution in [1.29, 1.82) is 0 Å². The fraction of sp³-hybridized carbons (Fsp3) is 0.708. The average Bonchev–Trinajstić information content (AvgIpc) is 2.69. The van der Waals surface area contributed by atoms with Crippen molar-refractivity contribution in [3.05, 3.63) is 29.3 Å². The summed E-state index contributed by atoms with van der Waals surface area (Å²) in [7, 11) is 0. The Balaban J connectivity index is 1.64. The van der Waals surface area contributed by atoms with Gasteiger partial charge in [0.1, 0.15) is 5.75 Å². The van der Waals surface area contributed by atoms with Gasteiger partial charge in [0.15, 0.2) is 0 Å². The highest BCUT2D eigenvalue weighted by Crippen LogP contribution is 2.39. The molecule has 1 spiro atoms. The fourth-order valence-electron chi connectivity index (χ4n) is 4.64. The summed E-state index contributed by atoms with van der Waals surface area (Å²) in [6.07, 6.45) is 5.36. The lowest BCUT2D eigenvalue weighted by Gasteiger charge is -2.48. The van der Waals surface area contributed by atoms with Crippen LogP contribution >= 0.6 is 0 Å². The number of hydrogen-bond donors (Lipinski definition) is 0. The molecule has 29 heavy (non-hydrogen) atoms. The third-order valence-corrected chi connectivity index (χ3v) is 6.15. The number of aryl methyl sites for hydroxylation is 1. The molecule has 5 heteroatoms. The standard InChI is InChI=1S/C24H37NO4/c1-6-20-15-21(27-7-2)16-24(29-20)10-12-25(13-11-24)23(26)19-8-9-22(18(5)14-19)28-17(3)4/h8-9,14,17,20-21H,6-7,10-13,15-16H2,1-5H3/t20-,21+/m1/s1. The smallest absolute Gasteiger partial charge is 0.253 e. The third kappa shape index (κ3) is 5.32. The summed E-state index contributed by atoms with van der Waals surface area (Å²) >= 11 is 0. The van der Waals surface area contributed by atoms with Crippen molar-refractivity contribution in [3.63, 3.8) is 0 Å². The molecule has 1 aromatic rings. The molecule has 2 atom stereocenters. The zero-order chi connectivity index (χ0) is 21.0. The van der Waals surface area contributed by atoms with Gasteiger partial charge in [-0.1, -0.05) is 6.92 Å². The molecule has 0 saturated carbocycles. The number of piperidine rings is 1. The van der Waals surface area contributed by atoms with Crippen LogP contribution in [0.4, 0.5) is 0 Å². The highest BCUT2D eigenvalue weighted by Gasteiger charge is 2.44. The Kier molecular flexibility index (Phi) is 7.23. The van der Waals surface area contributed by atoms with E-state index in [1.165, 1.54) is 0 Å². The van der Waals surface area contributed by atoms with Crippen molar-refractivity contribution in [2.24, 2.45) is 0 Å². The number of ether oxygens (including phenoxy) is 3. The topological polar surface area (TPSA) is 48.0 Å². The lowest BCUT2D eigenvalue weighted by atomic mass is 9.81. The van der Waals surface area contributed by atoms with Crippen molar-refractivity contribution < 1.29 is 19.0 Å². The van der Waals surface area contributed by atoms with Crippen molar-refractivity contribution in [2.75, 3.05) is 19.7 Å². The van der Waals surface area contributed by atoms with Crippen molar-refractivity contribution in [3.8, 4) is 5.75 Å². The number of amides is 1. The number of benzene rings is 1. The van der Waals surface area contributed by atoms with Crippen LogP contribution in [0.5, 0.6) is 5.75 Å². The molecule has 1 amide bonds. The number of rotatable bonds is 6. The Bertz CT molecular complexity index is 694. The largest absolute Gasteiger partial charge is 0.491 e. The van der Waals surface area contributed by atoms with E-state index in [9.17, 15) is 4.79 Å². The van der Waals surface area contributed by atoms with Gasteiger partial charge in [-0.3, -0.25) is 4.79 Å². The minimum absolute atomic E-state index is 0.100. The summed E-state index contributed by atoms with van der Waals surface area (Å²) in [5.74, 6) is 0.945. The van der Waals surface area contributed by atoms with E-state index in [0.717, 1.165) is 68.7 Å². The summed E-state index contributed by atoms with van der Waals surface area (Å²) in [5.41, 5.74) is 1.59. The summed E-state index contributed by atoms with van der Waals surface area (Å²) < 4.78 is 18.3. The second kappa shape index (κ2) is 9.48. The van der Waals surface area contributed by atoms with Gasteiger partial charge in [-0.05, 0) is 77.1 Å². The summed E-state index contributed by atoms with van der Waals surface area (Å²) in [6.45, 7) is 12.5. The minimum atomic E-state index is -0.138. The first-order chi connectivity index (χ1) is 13.9. The maximum absolute atomic E-state index is 13.1. The SMILES string of the molecule is CCO[C@H]1C[C@@H](CC)OC2(CCN(C(=O)c3ccc(OC(C)C)c(C)c3)CC2)C1. The van der Waals surface area contributed by atoms with Crippen LogP contribution in [0.3, 0.4) is 0 Å². The molecule has 0 radical (unpaired) electrons. The van der Waals surface area contributed by atoms with Gasteiger partial charge in [0, 0.05) is 31.7 Å². The maximum atomic E-state index is 13.1. The third-order valence-electron chi connectivity index (χ3n) is 6.15. The molecule has 2 aliphatic heterocycles. The zero-order valence-electron chi connectivity index (χ0n) is 18.7. The molecule has 2 saturated heterocycles. The number of carbonyl (C=O) groups excluding carboxylic acids is 1. The van der Waals surface area contributed by atoms with Crippen LogP contribution in [-0.4, -0.2) is 54.4 Å². The predicted molar refractivity (Wildman–Crippen MR) is 115 cm³/mol. The first-order valence-corrected chi connectivity index (χ1v) is 11.2. The monoisotopic (exact) mass is 403 g/mol. The van der Waals surface area contributed by atoms with Gasteiger partial charge in [0.2, 0.25) is 0 Å². The highest BCUT2D eigenvalue weighted by atomic mass is 16.5. The molecular formula is C24H37NO4. The van der Waals surface area contributed by atoms with Crippen molar-refractivity contribution >= 4 is 5.91 Å². The van der Waals surface area contributed by atoms with Gasteiger partial charge < -0.3 is 19.1 Å². The summed E-state index contributed by atoms with van der Waals surface area (Å²) in [4.78, 5) is 15.0. The number of likely N-dealkylation sites (tertiary alicyclic amines) is 1. The predicted octanol–water partition coefficient (Wildman–Crippen LogP) is 4.75. The van der Waals surface area contributed by atoms with Crippen LogP contribution in [0.25, 0.3) is 0 Å². The van der Waals surface area contributed by atoms with E-state index < -0.39 is 0 Å². The molecule has 1 aromatic carbocycles. The van der Waals surface area contributed by atoms with Gasteiger partial charge in [-0.2, -0.15) is 0 Å². The maximum Gasteiger partial charge on any atom is 0.253 e. The van der Waals surface area contributed by atoms with Crippen molar-refractivity contribution in [2.45, 2.75) is 90.6 Å². The number of hydrogen-bond acceptors (Lipinski definition) is 4. The van der Waals surface area contributed by atoms with Crippen molar-refractivity contribution in [1.82, 2.24) is 4.90 Å². The van der Waals surface area contributed by atoms with Gasteiger partial charge in [0.05, 0.1) is 23.9 Å². The minimum Gasteiger partial charge on any atom is -0.491 e. The Morgan fingerprint density at radius 1 is 1.28 bits per heavy atom. The quantitative estimate of drug-likeness (QED) is 0.688. The van der Waals surface area contributed by atoms with Crippen LogP contribution in [0, 0.1) is 6.92 Å². The van der Waals surface area contributed by atoms with E-state index in [4.69, 9.17) is 14.2 Å². The van der Waals surface area contributed by atoms with Crippen LogP contribution < -0.4 is 4.74 Å². The van der Waals surface area contributed by atoms with E-state index >= 15 is 0 Å². The fourth-order valence-corrected chi connectivity index (χ4v) is 4.64. The molecule has 2 heterocycles. The van der Waals surface area contributed by atoms with Crippen LogP contribution in [0.15, 0.2) is 18.2 Å². The molecule has 2 aliphatic rings. The number of nitrogens with zero attached hydrogens (tertiary/aromatic N) is 1. The molecule has 0 aromatic heterocycles. The summed E-state index contributed by atoms with van der Waals surface area (Å²) in [5, 5.41) is 0. The van der Waals surface area contributed by atoms with E-state index in [1.807, 2.05) is 43.9 Å². The molecular weight excluding hydrogens is 366 g/mol. The van der Waals surface area contributed by atoms with Gasteiger partial charge in [0.25, 0.3) is 5.91 Å².